The first-order valence-corrected chi connectivity index (χ1v) is 11.0. The number of hydrogen-bond acceptors (Lipinski definition) is 9. The summed E-state index contributed by atoms with van der Waals surface area (Å²) in [4.78, 5) is 49.6. The maximum atomic E-state index is 12.5. The van der Waals surface area contributed by atoms with Gasteiger partial charge in [0.25, 0.3) is 11.8 Å². The second-order valence-electron chi connectivity index (χ2n) is 7.71. The summed E-state index contributed by atoms with van der Waals surface area (Å²) in [5, 5.41) is 14.6. The van der Waals surface area contributed by atoms with Crippen molar-refractivity contribution in [1.82, 2.24) is 25.3 Å². The average Bonchev–Trinajstić information content (AvgIpc) is 3.36. The van der Waals surface area contributed by atoms with E-state index in [-0.39, 0.29) is 53.8 Å². The van der Waals surface area contributed by atoms with E-state index < -0.39 is 11.9 Å². The fourth-order valence-electron chi connectivity index (χ4n) is 3.47. The number of fused-ring (bicyclic) bond motifs is 2. The number of nitrogens with one attached hydrogen (secondary N) is 3. The van der Waals surface area contributed by atoms with Gasteiger partial charge in [0.1, 0.15) is 23.2 Å². The minimum atomic E-state index is -1.15. The number of nitrogens with zero attached hydrogens (tertiary/aromatic N) is 3. The zero-order valence-electron chi connectivity index (χ0n) is 20.1. The Bertz CT molecular complexity index is 1460. The third-order valence-electron chi connectivity index (χ3n) is 5.28. The van der Waals surface area contributed by atoms with Gasteiger partial charge >= 0.3 is 5.97 Å². The monoisotopic (exact) mass is 541 g/mol. The molecule has 2 amide bonds. The average molecular weight is 542 g/mol. The maximum Gasteiger partial charge on any atom is 0.339 e. The highest BCUT2D eigenvalue weighted by Gasteiger charge is 2.20. The van der Waals surface area contributed by atoms with E-state index in [9.17, 15) is 14.4 Å². The van der Waals surface area contributed by atoms with Gasteiger partial charge in [-0.1, -0.05) is 6.07 Å². The van der Waals surface area contributed by atoms with Gasteiger partial charge < -0.3 is 35.9 Å². The highest BCUT2D eigenvalue weighted by Crippen LogP contribution is 2.28. The number of pyridine rings is 1. The summed E-state index contributed by atoms with van der Waals surface area (Å²) in [5.74, 6) is -0.699. The number of aromatic nitrogens is 4. The number of ether oxygens (including phenoxy) is 2. The number of nitrogens with two attached hydrogens (primary N) is 1. The summed E-state index contributed by atoms with van der Waals surface area (Å²) >= 11 is 0. The Labute approximate surface area is 222 Å². The molecule has 0 unspecified atom stereocenters. The van der Waals surface area contributed by atoms with Crippen LogP contribution in [0.5, 0.6) is 11.6 Å². The maximum absolute atomic E-state index is 12.5. The van der Waals surface area contributed by atoms with Gasteiger partial charge in [0.05, 0.1) is 18.3 Å². The number of H-pyrrole nitrogens is 1. The van der Waals surface area contributed by atoms with E-state index in [0.29, 0.717) is 23.9 Å². The van der Waals surface area contributed by atoms with Gasteiger partial charge in [0, 0.05) is 31.5 Å². The molecule has 1 aliphatic heterocycles. The number of carbonyl (C=O) groups is 3. The second kappa shape index (κ2) is 12.5. The van der Waals surface area contributed by atoms with E-state index in [1.807, 2.05) is 12.1 Å². The Morgan fingerprint density at radius 2 is 2.00 bits per heavy atom. The van der Waals surface area contributed by atoms with Crippen LogP contribution in [0.25, 0.3) is 11.0 Å². The lowest BCUT2D eigenvalue weighted by Gasteiger charge is -2.18. The summed E-state index contributed by atoms with van der Waals surface area (Å²) in [6.07, 6.45) is 4.09. The van der Waals surface area contributed by atoms with Crippen molar-refractivity contribution in [3.63, 3.8) is 0 Å². The fraction of sp³-hybridized carbons (Fsp3) is 0.167. The Morgan fingerprint density at radius 3 is 2.74 bits per heavy atom. The van der Waals surface area contributed by atoms with E-state index in [1.54, 1.807) is 31.5 Å². The Kier molecular flexibility index (Phi) is 9.13. The minimum Gasteiger partial charge on any atom is -0.482 e. The van der Waals surface area contributed by atoms with Gasteiger partial charge in [-0.05, 0) is 29.3 Å². The Hall–Kier alpha value is -4.75. The van der Waals surface area contributed by atoms with Gasteiger partial charge in [-0.25, -0.2) is 19.7 Å². The molecule has 1 aromatic carbocycles. The zero-order chi connectivity index (χ0) is 26.4. The molecule has 3 aromatic heterocycles. The van der Waals surface area contributed by atoms with Gasteiger partial charge in [-0.2, -0.15) is 0 Å². The molecule has 14 heteroatoms. The van der Waals surface area contributed by atoms with Crippen molar-refractivity contribution in [2.45, 2.75) is 13.1 Å². The lowest BCUT2D eigenvalue weighted by molar-refractivity contribution is -0.118. The Balaban J connectivity index is 0.000000308. The molecule has 0 fully saturated rings. The van der Waals surface area contributed by atoms with Crippen LogP contribution >= 0.6 is 12.4 Å². The molecule has 6 N–H and O–H groups in total. The third kappa shape index (κ3) is 6.32. The molecular weight excluding hydrogens is 518 g/mol. The molecule has 0 bridgehead atoms. The van der Waals surface area contributed by atoms with Crippen molar-refractivity contribution in [2.75, 3.05) is 19.0 Å². The van der Waals surface area contributed by atoms with Crippen LogP contribution in [0.15, 0.2) is 49.1 Å². The molecule has 0 spiro atoms. The van der Waals surface area contributed by atoms with Crippen LogP contribution in [0, 0.1) is 0 Å². The first-order chi connectivity index (χ1) is 17.9. The molecule has 5 rings (SSSR count). The predicted octanol–water partition coefficient (Wildman–Crippen LogP) is 1.89. The van der Waals surface area contributed by atoms with Crippen LogP contribution in [0.2, 0.25) is 0 Å². The summed E-state index contributed by atoms with van der Waals surface area (Å²) < 4.78 is 10.2. The molecule has 0 radical (unpaired) electrons. The molecule has 0 aliphatic carbocycles. The SMILES string of the molecule is COc1cc(CN)ccn1.Cl.O=C1COc2ccc(CNC(=O)c3ncnc4c(C(=O)O)c[nH]c34)cc2N1. The molecule has 0 saturated heterocycles. The normalized spacial score (nSPS) is 11.6. The summed E-state index contributed by atoms with van der Waals surface area (Å²) in [5.41, 5.74) is 8.13. The number of halogens is 1. The first kappa shape index (κ1) is 27.8. The highest BCUT2D eigenvalue weighted by atomic mass is 35.5. The number of aromatic amines is 1. The largest absolute Gasteiger partial charge is 0.482 e. The zero-order valence-corrected chi connectivity index (χ0v) is 20.9. The molecule has 4 heterocycles. The topological polar surface area (TPSA) is 194 Å². The van der Waals surface area contributed by atoms with Crippen molar-refractivity contribution < 1.29 is 29.0 Å². The van der Waals surface area contributed by atoms with Crippen molar-refractivity contribution in [2.24, 2.45) is 5.73 Å². The molecule has 38 heavy (non-hydrogen) atoms. The number of aromatic carboxylic acids is 1. The summed E-state index contributed by atoms with van der Waals surface area (Å²) in [7, 11) is 1.59. The standard InChI is InChI=1S/C17H13N5O5.C7H10N2O.ClH/c23-12-6-27-11-2-1-8(3-10(11)22-12)4-19-16(24)15-14-13(20-7-21-15)9(5-18-14)17(25)26;1-10-7-4-6(5-8)2-3-9-7;/h1-3,5,7,18H,4,6H2,(H,19,24)(H,22,23)(H,25,26);2-4H,5,8H2,1H3;1H. The number of carboxylic acid groups (broad SMARTS) is 1. The van der Waals surface area contributed by atoms with Crippen molar-refractivity contribution in [3.05, 3.63) is 71.4 Å². The summed E-state index contributed by atoms with van der Waals surface area (Å²) in [6.45, 7) is 0.681. The number of hydrogen-bond donors (Lipinski definition) is 5. The number of methoxy groups -OCH3 is 1. The molecule has 13 nitrogen and oxygen atoms in total. The lowest BCUT2D eigenvalue weighted by Crippen LogP contribution is -2.26. The third-order valence-corrected chi connectivity index (χ3v) is 5.28. The van der Waals surface area contributed by atoms with Crippen molar-refractivity contribution >= 4 is 46.9 Å². The number of anilines is 1. The van der Waals surface area contributed by atoms with Gasteiger partial charge in [0.2, 0.25) is 5.88 Å². The molecule has 1 aliphatic rings. The number of carbonyl (C=O) groups excluding carboxylic acids is 2. The van der Waals surface area contributed by atoms with Crippen LogP contribution in [0.4, 0.5) is 5.69 Å². The van der Waals surface area contributed by atoms with E-state index in [4.69, 9.17) is 20.3 Å². The quantitative estimate of drug-likeness (QED) is 0.240. The predicted molar refractivity (Wildman–Crippen MR) is 139 cm³/mol. The summed E-state index contributed by atoms with van der Waals surface area (Å²) in [6, 6.07) is 8.87. The molecule has 198 valence electrons. The second-order valence-corrected chi connectivity index (χ2v) is 7.71. The van der Waals surface area contributed by atoms with Gasteiger partial charge in [-0.15, -0.1) is 12.4 Å². The minimum absolute atomic E-state index is 0. The van der Waals surface area contributed by atoms with Crippen LogP contribution in [0.1, 0.15) is 32.0 Å². The number of amides is 2. The lowest BCUT2D eigenvalue weighted by atomic mass is 10.1. The van der Waals surface area contributed by atoms with E-state index in [1.165, 1.54) is 6.20 Å². The molecule has 0 saturated carbocycles. The molecule has 0 atom stereocenters. The van der Waals surface area contributed by atoms with E-state index in [0.717, 1.165) is 17.5 Å². The van der Waals surface area contributed by atoms with Crippen LogP contribution in [-0.2, 0) is 17.9 Å². The fourth-order valence-corrected chi connectivity index (χ4v) is 3.47. The Morgan fingerprint density at radius 1 is 1.18 bits per heavy atom. The molecule has 4 aromatic rings. The van der Waals surface area contributed by atoms with E-state index in [2.05, 4.69) is 30.6 Å². The number of carboxylic acids is 1. The smallest absolute Gasteiger partial charge is 0.339 e. The van der Waals surface area contributed by atoms with Crippen LogP contribution in [-0.4, -0.2) is 56.5 Å². The number of rotatable bonds is 6. The number of benzene rings is 1. The van der Waals surface area contributed by atoms with Crippen LogP contribution in [0.3, 0.4) is 0 Å². The first-order valence-electron chi connectivity index (χ1n) is 11.0. The highest BCUT2D eigenvalue weighted by molar-refractivity contribution is 6.08. The van der Waals surface area contributed by atoms with Crippen molar-refractivity contribution in [1.29, 1.82) is 0 Å². The van der Waals surface area contributed by atoms with Crippen LogP contribution < -0.4 is 25.8 Å². The van der Waals surface area contributed by atoms with Gasteiger partial charge in [-0.3, -0.25) is 9.59 Å². The van der Waals surface area contributed by atoms with Gasteiger partial charge in [0.15, 0.2) is 12.3 Å². The van der Waals surface area contributed by atoms with E-state index >= 15 is 0 Å². The van der Waals surface area contributed by atoms with Crippen molar-refractivity contribution in [3.8, 4) is 11.6 Å². The molecular formula is C24H24ClN7O6.